The predicted octanol–water partition coefficient (Wildman–Crippen LogP) is -4.06. The van der Waals surface area contributed by atoms with Crippen molar-refractivity contribution in [3.63, 3.8) is 0 Å². The summed E-state index contributed by atoms with van der Waals surface area (Å²) in [6, 6.07) is 0. The van der Waals surface area contributed by atoms with Gasteiger partial charge in [0.2, 0.25) is 0 Å². The molecule has 6 heteroatoms. The fraction of sp³-hybridized carbons (Fsp3) is 0. The van der Waals surface area contributed by atoms with E-state index in [9.17, 15) is 0 Å². The van der Waals surface area contributed by atoms with Crippen LogP contribution in [0.25, 0.3) is 0 Å². The second kappa shape index (κ2) is 9.35. The monoisotopic (exact) mass is 165 g/mol. The molecule has 0 aromatic carbocycles. The summed E-state index contributed by atoms with van der Waals surface area (Å²) in [5, 5.41) is 14.8. The zero-order valence-corrected chi connectivity index (χ0v) is 8.09. The Bertz CT molecular complexity index is 30.5. The van der Waals surface area contributed by atoms with Crippen molar-refractivity contribution in [2.75, 3.05) is 0 Å². The largest absolute Gasteiger partial charge is 1.00 e. The molecule has 0 aromatic heterocycles. The molecule has 0 heterocycles. The van der Waals surface area contributed by atoms with E-state index in [2.05, 4.69) is 0 Å². The Hall–Kier alpha value is 0.965. The van der Waals surface area contributed by atoms with Gasteiger partial charge in [-0.25, -0.2) is 0 Å². The molecule has 0 bridgehead atoms. The van der Waals surface area contributed by atoms with Crippen molar-refractivity contribution in [1.29, 1.82) is 0 Å². The first-order valence-electron chi connectivity index (χ1n) is 0.548. The molecule has 32 valence electrons. The van der Waals surface area contributed by atoms with Crippen LogP contribution in [0.2, 0.25) is 0 Å². The van der Waals surface area contributed by atoms with Gasteiger partial charge >= 0.3 is 58.2 Å². The first-order valence-corrected chi connectivity index (χ1v) is 0.548. The molecule has 0 saturated heterocycles. The van der Waals surface area contributed by atoms with Crippen LogP contribution in [0.3, 0.4) is 0 Å². The molecule has 0 aliphatic heterocycles. The van der Waals surface area contributed by atoms with E-state index in [4.69, 9.17) is 15.3 Å². The third-order valence-electron chi connectivity index (χ3n) is 0. The van der Waals surface area contributed by atoms with Crippen LogP contribution in [0.1, 0.15) is 0 Å². The van der Waals surface area contributed by atoms with Crippen molar-refractivity contribution in [3.05, 3.63) is 15.3 Å². The van der Waals surface area contributed by atoms with Gasteiger partial charge in [0.25, 0.3) is 0 Å². The summed E-state index contributed by atoms with van der Waals surface area (Å²) in [5.74, 6) is 0. The minimum absolute atomic E-state index is 0. The molecular formula is H2NO4Rb. The van der Waals surface area contributed by atoms with Crippen LogP contribution in [-0.2, 0) is 0 Å². The van der Waals surface area contributed by atoms with Crippen LogP contribution in [-0.4, -0.2) is 10.6 Å². The molecular weight excluding hydrogens is 163 g/mol. The van der Waals surface area contributed by atoms with Crippen molar-refractivity contribution in [1.82, 2.24) is 0 Å². The molecule has 0 saturated carbocycles. The summed E-state index contributed by atoms with van der Waals surface area (Å²) in [6.45, 7) is 0. The molecule has 2 N–H and O–H groups in total. The van der Waals surface area contributed by atoms with Crippen LogP contribution in [0.15, 0.2) is 0 Å². The third kappa shape index (κ3) is 83.8. The number of nitrogens with zero attached hydrogens (tertiary/aromatic N) is 1. The van der Waals surface area contributed by atoms with Crippen molar-refractivity contribution < 1.29 is 68.8 Å². The summed E-state index contributed by atoms with van der Waals surface area (Å²) in [5.41, 5.74) is 0. The molecule has 0 spiro atoms. The average molecular weight is 165 g/mol. The van der Waals surface area contributed by atoms with Gasteiger partial charge in [-0.2, -0.15) is 0 Å². The van der Waals surface area contributed by atoms with E-state index >= 15 is 0 Å². The molecule has 0 amide bonds. The van der Waals surface area contributed by atoms with Gasteiger partial charge in [-0.3, -0.25) is 0 Å². The van der Waals surface area contributed by atoms with Crippen molar-refractivity contribution in [3.8, 4) is 0 Å². The Labute approximate surface area is 82.5 Å². The van der Waals surface area contributed by atoms with Crippen molar-refractivity contribution in [2.45, 2.75) is 0 Å². The van der Waals surface area contributed by atoms with Gasteiger partial charge < -0.3 is 20.8 Å². The Kier molecular flexibility index (Phi) is 24.6. The van der Waals surface area contributed by atoms with Gasteiger partial charge in [0.15, 0.2) is 0 Å². The normalized spacial score (nSPS) is 4.00. The zero-order chi connectivity index (χ0) is 3.58. The van der Waals surface area contributed by atoms with E-state index in [-0.39, 0.29) is 63.7 Å². The molecule has 0 aliphatic carbocycles. The maximum Gasteiger partial charge on any atom is 1.00 e. The predicted molar refractivity (Wildman–Crippen MR) is 14.0 cm³/mol. The van der Waals surface area contributed by atoms with Gasteiger partial charge in [0, 0.05) is 0 Å². The third-order valence-corrected chi connectivity index (χ3v) is 0. The second-order valence-corrected chi connectivity index (χ2v) is 0.224. The van der Waals surface area contributed by atoms with Gasteiger partial charge in [-0.1, -0.05) is 0 Å². The minimum Gasteiger partial charge on any atom is -0.412 e. The van der Waals surface area contributed by atoms with E-state index < -0.39 is 5.09 Å². The first-order chi connectivity index (χ1) is 1.73. The molecule has 0 unspecified atom stereocenters. The quantitative estimate of drug-likeness (QED) is 0.270. The second-order valence-electron chi connectivity index (χ2n) is 0.224. The number of rotatable bonds is 0. The summed E-state index contributed by atoms with van der Waals surface area (Å²) in [4.78, 5) is 8.25. The van der Waals surface area contributed by atoms with Gasteiger partial charge in [0.05, 0.1) is 5.09 Å². The average Bonchev–Trinajstić information content (AvgIpc) is 0.811. The molecule has 0 atom stereocenters. The van der Waals surface area contributed by atoms with Gasteiger partial charge in [-0.15, -0.1) is 0 Å². The van der Waals surface area contributed by atoms with E-state index in [1.807, 2.05) is 0 Å². The molecule has 0 fully saturated rings. The standard InChI is InChI=1S/NO3.H2O.Rb/c2-1(3)4;;/h;1H2;/q-1;;+1. The number of hydrogen-bond donors (Lipinski definition) is 0. The molecule has 5 nitrogen and oxygen atoms in total. The van der Waals surface area contributed by atoms with Crippen LogP contribution in [0.4, 0.5) is 0 Å². The Morgan fingerprint density at radius 3 is 1.33 bits per heavy atom. The van der Waals surface area contributed by atoms with Crippen molar-refractivity contribution >= 4 is 0 Å². The fourth-order valence-electron chi connectivity index (χ4n) is 0. The van der Waals surface area contributed by atoms with E-state index in [1.54, 1.807) is 0 Å². The maximum absolute atomic E-state index is 8.25. The Morgan fingerprint density at radius 2 is 1.33 bits per heavy atom. The Morgan fingerprint density at radius 1 is 1.33 bits per heavy atom. The number of hydrogen-bond acceptors (Lipinski definition) is 3. The summed E-state index contributed by atoms with van der Waals surface area (Å²) >= 11 is 0. The van der Waals surface area contributed by atoms with Crippen LogP contribution >= 0.6 is 0 Å². The Balaban J connectivity index is -0.0000000450. The van der Waals surface area contributed by atoms with Crippen LogP contribution in [0.5, 0.6) is 0 Å². The molecule has 6 heavy (non-hydrogen) atoms. The van der Waals surface area contributed by atoms with E-state index in [1.165, 1.54) is 0 Å². The summed E-state index contributed by atoms with van der Waals surface area (Å²) in [7, 11) is 0. The summed E-state index contributed by atoms with van der Waals surface area (Å²) in [6.07, 6.45) is 0. The smallest absolute Gasteiger partial charge is 0.412 e. The van der Waals surface area contributed by atoms with Crippen molar-refractivity contribution in [2.24, 2.45) is 0 Å². The first kappa shape index (κ1) is 15.8. The SMILES string of the molecule is O.O=[N+]([O-])[O-].[Rb+]. The topological polar surface area (TPSA) is 97.7 Å². The fourth-order valence-corrected chi connectivity index (χ4v) is 0. The maximum atomic E-state index is 8.25. The molecule has 0 aromatic rings. The minimum atomic E-state index is -1.75. The molecule has 0 aliphatic rings. The van der Waals surface area contributed by atoms with Gasteiger partial charge in [0.1, 0.15) is 0 Å². The van der Waals surface area contributed by atoms with Crippen LogP contribution < -0.4 is 58.2 Å². The molecule has 0 rings (SSSR count). The zero-order valence-electron chi connectivity index (χ0n) is 3.17. The van der Waals surface area contributed by atoms with Crippen LogP contribution in [0, 0.1) is 15.3 Å². The van der Waals surface area contributed by atoms with E-state index in [0.717, 1.165) is 0 Å². The van der Waals surface area contributed by atoms with E-state index in [0.29, 0.717) is 0 Å². The summed E-state index contributed by atoms with van der Waals surface area (Å²) < 4.78 is 0. The van der Waals surface area contributed by atoms with Gasteiger partial charge in [-0.05, 0) is 0 Å². The molecule has 0 radical (unpaired) electrons.